The smallest absolute Gasteiger partial charge is 0.276 e. The Kier molecular flexibility index (Phi) is 5.14. The van der Waals surface area contributed by atoms with E-state index in [4.69, 9.17) is 11.6 Å². The number of benzene rings is 2. The molecule has 1 heterocycles. The summed E-state index contributed by atoms with van der Waals surface area (Å²) < 4.78 is 1.67. The molecule has 0 bridgehead atoms. The predicted octanol–water partition coefficient (Wildman–Crippen LogP) is 3.81. The maximum atomic E-state index is 12.7. The summed E-state index contributed by atoms with van der Waals surface area (Å²) in [7, 11) is 1.75. The van der Waals surface area contributed by atoms with Crippen molar-refractivity contribution in [2.75, 3.05) is 7.05 Å². The molecule has 0 spiro atoms. The highest BCUT2D eigenvalue weighted by Crippen LogP contribution is 2.23. The van der Waals surface area contributed by atoms with Crippen LogP contribution in [0.3, 0.4) is 0 Å². The fraction of sp³-hybridized carbons (Fsp3) is 0.211. The first-order valence-electron chi connectivity index (χ1n) is 8.01. The molecule has 5 nitrogen and oxygen atoms in total. The van der Waals surface area contributed by atoms with Gasteiger partial charge in [0.2, 0.25) is 0 Å². The molecule has 2 aromatic carbocycles. The van der Waals surface area contributed by atoms with E-state index < -0.39 is 0 Å². The Bertz CT molecular complexity index is 863. The zero-order valence-corrected chi connectivity index (χ0v) is 14.9. The first kappa shape index (κ1) is 17.2. The van der Waals surface area contributed by atoms with Crippen molar-refractivity contribution in [3.05, 3.63) is 82.6 Å². The number of hydrogen-bond donors (Lipinski definition) is 0. The van der Waals surface area contributed by atoms with Crippen LogP contribution in [0.1, 0.15) is 34.6 Å². The van der Waals surface area contributed by atoms with Crippen molar-refractivity contribution in [3.8, 4) is 0 Å². The van der Waals surface area contributed by atoms with Gasteiger partial charge in [0.05, 0.1) is 18.8 Å². The number of carbonyl (C=O) groups is 1. The maximum absolute atomic E-state index is 12.7. The molecule has 0 saturated carbocycles. The van der Waals surface area contributed by atoms with Crippen LogP contribution in [0.4, 0.5) is 0 Å². The van der Waals surface area contributed by atoms with E-state index in [0.29, 0.717) is 17.3 Å². The van der Waals surface area contributed by atoms with Crippen LogP contribution in [0, 0.1) is 0 Å². The van der Waals surface area contributed by atoms with Crippen molar-refractivity contribution in [2.45, 2.75) is 19.5 Å². The van der Waals surface area contributed by atoms with Crippen LogP contribution in [0.25, 0.3) is 0 Å². The predicted molar refractivity (Wildman–Crippen MR) is 97.5 cm³/mol. The van der Waals surface area contributed by atoms with Gasteiger partial charge < -0.3 is 4.90 Å². The summed E-state index contributed by atoms with van der Waals surface area (Å²) in [6.07, 6.45) is 1.68. The van der Waals surface area contributed by atoms with E-state index in [1.54, 1.807) is 22.8 Å². The van der Waals surface area contributed by atoms with Crippen molar-refractivity contribution >= 4 is 17.5 Å². The molecule has 0 aliphatic heterocycles. The van der Waals surface area contributed by atoms with E-state index >= 15 is 0 Å². The molecule has 0 fully saturated rings. The summed E-state index contributed by atoms with van der Waals surface area (Å²) in [4.78, 5) is 14.3. The first-order valence-corrected chi connectivity index (χ1v) is 8.39. The zero-order valence-electron chi connectivity index (χ0n) is 14.1. The summed E-state index contributed by atoms with van der Waals surface area (Å²) >= 11 is 6.04. The SMILES string of the molecule is CC(c1cccc(Cl)c1)N(C)C(=O)c1cn(Cc2ccccc2)nn1. The lowest BCUT2D eigenvalue weighted by Crippen LogP contribution is -2.30. The minimum Gasteiger partial charge on any atom is -0.334 e. The van der Waals surface area contributed by atoms with Crippen molar-refractivity contribution in [2.24, 2.45) is 0 Å². The average Bonchev–Trinajstić information content (AvgIpc) is 3.09. The van der Waals surface area contributed by atoms with Gasteiger partial charge in [-0.3, -0.25) is 4.79 Å². The highest BCUT2D eigenvalue weighted by Gasteiger charge is 2.21. The molecular weight excluding hydrogens is 336 g/mol. The van der Waals surface area contributed by atoms with Gasteiger partial charge in [0.1, 0.15) is 0 Å². The summed E-state index contributed by atoms with van der Waals surface area (Å²) in [6.45, 7) is 2.53. The fourth-order valence-electron chi connectivity index (χ4n) is 2.59. The summed E-state index contributed by atoms with van der Waals surface area (Å²) in [5, 5.41) is 8.73. The highest BCUT2D eigenvalue weighted by molar-refractivity contribution is 6.30. The van der Waals surface area contributed by atoms with Crippen molar-refractivity contribution < 1.29 is 4.79 Å². The Morgan fingerprint density at radius 1 is 1.20 bits per heavy atom. The minimum absolute atomic E-state index is 0.120. The third-order valence-corrected chi connectivity index (χ3v) is 4.41. The molecule has 25 heavy (non-hydrogen) atoms. The van der Waals surface area contributed by atoms with Gasteiger partial charge in [-0.05, 0) is 30.2 Å². The van der Waals surface area contributed by atoms with Crippen LogP contribution in [-0.4, -0.2) is 32.8 Å². The number of aromatic nitrogens is 3. The fourth-order valence-corrected chi connectivity index (χ4v) is 2.79. The quantitative estimate of drug-likeness (QED) is 0.700. The Morgan fingerprint density at radius 2 is 1.96 bits per heavy atom. The zero-order chi connectivity index (χ0) is 17.8. The lowest BCUT2D eigenvalue weighted by atomic mass is 10.1. The second-order valence-electron chi connectivity index (χ2n) is 5.93. The summed E-state index contributed by atoms with van der Waals surface area (Å²) in [5.74, 6) is -0.174. The maximum Gasteiger partial charge on any atom is 0.276 e. The number of carbonyl (C=O) groups excluding carboxylic acids is 1. The minimum atomic E-state index is -0.174. The standard InChI is InChI=1S/C19H19ClN4O/c1-14(16-9-6-10-17(20)11-16)23(2)19(25)18-13-24(22-21-18)12-15-7-4-3-5-8-15/h3-11,13-14H,12H2,1-2H3. The molecule has 3 rings (SSSR count). The topological polar surface area (TPSA) is 51.0 Å². The molecule has 0 saturated heterocycles. The Labute approximate surface area is 151 Å². The normalized spacial score (nSPS) is 12.0. The number of amides is 1. The van der Waals surface area contributed by atoms with Crippen LogP contribution >= 0.6 is 11.6 Å². The molecule has 1 aromatic heterocycles. The van der Waals surface area contributed by atoms with Gasteiger partial charge >= 0.3 is 0 Å². The Hall–Kier alpha value is -2.66. The molecule has 128 valence electrons. The van der Waals surface area contributed by atoms with Crippen LogP contribution in [0.5, 0.6) is 0 Å². The van der Waals surface area contributed by atoms with Crippen molar-refractivity contribution in [1.82, 2.24) is 19.9 Å². The monoisotopic (exact) mass is 354 g/mol. The summed E-state index contributed by atoms with van der Waals surface area (Å²) in [6, 6.07) is 17.3. The second kappa shape index (κ2) is 7.49. The van der Waals surface area contributed by atoms with Crippen LogP contribution in [-0.2, 0) is 6.54 Å². The molecule has 6 heteroatoms. The van der Waals surface area contributed by atoms with Crippen molar-refractivity contribution in [1.29, 1.82) is 0 Å². The van der Waals surface area contributed by atoms with Crippen LogP contribution in [0.2, 0.25) is 5.02 Å². The Morgan fingerprint density at radius 3 is 2.68 bits per heavy atom. The number of nitrogens with zero attached hydrogens (tertiary/aromatic N) is 4. The molecule has 1 atom stereocenters. The van der Waals surface area contributed by atoms with Gasteiger partial charge in [0.15, 0.2) is 5.69 Å². The molecular formula is C19H19ClN4O. The molecule has 3 aromatic rings. The molecule has 0 N–H and O–H groups in total. The van der Waals surface area contributed by atoms with Crippen LogP contribution < -0.4 is 0 Å². The van der Waals surface area contributed by atoms with E-state index in [1.807, 2.05) is 61.5 Å². The van der Waals surface area contributed by atoms with Gasteiger partial charge in [0.25, 0.3) is 5.91 Å². The number of hydrogen-bond acceptors (Lipinski definition) is 3. The number of halogens is 1. The third kappa shape index (κ3) is 4.06. The van der Waals surface area contributed by atoms with E-state index in [0.717, 1.165) is 11.1 Å². The summed E-state index contributed by atoms with van der Waals surface area (Å²) in [5.41, 5.74) is 2.40. The van der Waals surface area contributed by atoms with E-state index in [9.17, 15) is 4.79 Å². The van der Waals surface area contributed by atoms with Crippen molar-refractivity contribution in [3.63, 3.8) is 0 Å². The highest BCUT2D eigenvalue weighted by atomic mass is 35.5. The third-order valence-electron chi connectivity index (χ3n) is 4.18. The van der Waals surface area contributed by atoms with E-state index in [2.05, 4.69) is 10.3 Å². The van der Waals surface area contributed by atoms with Gasteiger partial charge in [0, 0.05) is 12.1 Å². The lowest BCUT2D eigenvalue weighted by Gasteiger charge is -2.24. The van der Waals surface area contributed by atoms with E-state index in [1.165, 1.54) is 0 Å². The molecule has 0 aliphatic rings. The first-order chi connectivity index (χ1) is 12.0. The molecule has 0 radical (unpaired) electrons. The molecule has 1 amide bonds. The number of rotatable bonds is 5. The average molecular weight is 355 g/mol. The van der Waals surface area contributed by atoms with Gasteiger partial charge in [-0.25, -0.2) is 4.68 Å². The Balaban J connectivity index is 1.72. The molecule has 0 aliphatic carbocycles. The van der Waals surface area contributed by atoms with Gasteiger partial charge in [-0.15, -0.1) is 5.10 Å². The van der Waals surface area contributed by atoms with Crippen LogP contribution in [0.15, 0.2) is 60.8 Å². The lowest BCUT2D eigenvalue weighted by molar-refractivity contribution is 0.0736. The molecule has 1 unspecified atom stereocenters. The van der Waals surface area contributed by atoms with Gasteiger partial charge in [-0.1, -0.05) is 59.3 Å². The largest absolute Gasteiger partial charge is 0.334 e. The second-order valence-corrected chi connectivity index (χ2v) is 6.37. The van der Waals surface area contributed by atoms with E-state index in [-0.39, 0.29) is 11.9 Å². The van der Waals surface area contributed by atoms with Gasteiger partial charge in [-0.2, -0.15) is 0 Å².